The Morgan fingerprint density at radius 3 is 2.62 bits per heavy atom. The third-order valence-corrected chi connectivity index (χ3v) is 1.85. The maximum absolute atomic E-state index is 11.0. The first-order valence-corrected chi connectivity index (χ1v) is 4.89. The molecule has 72 valence electrons. The second kappa shape index (κ2) is 3.71. The lowest BCUT2D eigenvalue weighted by molar-refractivity contribution is -0.137. The molecule has 0 amide bonds. The van der Waals surface area contributed by atoms with Crippen molar-refractivity contribution in [1.82, 2.24) is 0 Å². The Bertz CT molecular complexity index is 351. The minimum atomic E-state index is -4.68. The number of allylic oxidation sites excluding steroid dienone is 3. The molecule has 5 nitrogen and oxygen atoms in total. The minimum absolute atomic E-state index is 0.380. The van der Waals surface area contributed by atoms with Crippen LogP contribution in [-0.4, -0.2) is 18.9 Å². The molecule has 0 radical (unpaired) electrons. The first kappa shape index (κ1) is 9.94. The third-order valence-electron chi connectivity index (χ3n) is 1.47. The van der Waals surface area contributed by atoms with Gasteiger partial charge in [0.2, 0.25) is 0 Å². The van der Waals surface area contributed by atoms with Crippen molar-refractivity contribution in [2.75, 3.05) is 0 Å². The molecule has 0 spiro atoms. The SMILES string of the molecule is O=C(OS(=O)(=O)O)C1C=CC=CC1. The molecule has 1 rings (SSSR count). The van der Waals surface area contributed by atoms with Gasteiger partial charge in [0.15, 0.2) is 0 Å². The van der Waals surface area contributed by atoms with E-state index in [2.05, 4.69) is 4.18 Å². The van der Waals surface area contributed by atoms with Gasteiger partial charge >= 0.3 is 16.4 Å². The molecule has 0 aliphatic heterocycles. The fourth-order valence-corrected chi connectivity index (χ4v) is 1.25. The molecule has 1 unspecified atom stereocenters. The Kier molecular flexibility index (Phi) is 2.84. The third kappa shape index (κ3) is 3.39. The molecule has 1 aliphatic carbocycles. The van der Waals surface area contributed by atoms with Crippen LogP contribution in [0.4, 0.5) is 0 Å². The van der Waals surface area contributed by atoms with Crippen molar-refractivity contribution in [3.63, 3.8) is 0 Å². The smallest absolute Gasteiger partial charge is 0.324 e. The first-order valence-electron chi connectivity index (χ1n) is 3.53. The van der Waals surface area contributed by atoms with Crippen molar-refractivity contribution in [3.8, 4) is 0 Å². The van der Waals surface area contributed by atoms with Gasteiger partial charge in [-0.15, -0.1) is 0 Å². The summed E-state index contributed by atoms with van der Waals surface area (Å²) in [6.45, 7) is 0. The molecule has 1 aliphatic rings. The van der Waals surface area contributed by atoms with Crippen LogP contribution >= 0.6 is 0 Å². The van der Waals surface area contributed by atoms with Gasteiger partial charge in [-0.1, -0.05) is 24.3 Å². The summed E-state index contributed by atoms with van der Waals surface area (Å²) in [4.78, 5) is 11.0. The van der Waals surface area contributed by atoms with Crippen LogP contribution in [0.5, 0.6) is 0 Å². The van der Waals surface area contributed by atoms with Crippen LogP contribution in [0.1, 0.15) is 6.42 Å². The van der Waals surface area contributed by atoms with E-state index in [0.717, 1.165) is 0 Å². The van der Waals surface area contributed by atoms with Crippen molar-refractivity contribution >= 4 is 16.4 Å². The Morgan fingerprint density at radius 2 is 2.15 bits per heavy atom. The van der Waals surface area contributed by atoms with Gasteiger partial charge in [0.05, 0.1) is 5.92 Å². The van der Waals surface area contributed by atoms with E-state index in [1.807, 2.05) is 0 Å². The molecule has 0 saturated carbocycles. The van der Waals surface area contributed by atoms with E-state index < -0.39 is 22.3 Å². The number of hydrogen-bond donors (Lipinski definition) is 1. The molecule has 0 aromatic carbocycles. The Hall–Kier alpha value is -1.14. The normalized spacial score (nSPS) is 21.5. The summed E-state index contributed by atoms with van der Waals surface area (Å²) in [5.41, 5.74) is 0. The quantitative estimate of drug-likeness (QED) is 0.661. The van der Waals surface area contributed by atoms with Gasteiger partial charge in [-0.3, -0.25) is 9.35 Å². The molecular formula is C7H8O5S. The average Bonchev–Trinajstić information content (AvgIpc) is 2.03. The van der Waals surface area contributed by atoms with Crippen molar-refractivity contribution in [3.05, 3.63) is 24.3 Å². The molecular weight excluding hydrogens is 196 g/mol. The monoisotopic (exact) mass is 204 g/mol. The molecule has 1 atom stereocenters. The predicted molar refractivity (Wildman–Crippen MR) is 44.0 cm³/mol. The Morgan fingerprint density at radius 1 is 1.46 bits per heavy atom. The highest BCUT2D eigenvalue weighted by Crippen LogP contribution is 2.13. The summed E-state index contributed by atoms with van der Waals surface area (Å²) >= 11 is 0. The van der Waals surface area contributed by atoms with Crippen molar-refractivity contribution in [1.29, 1.82) is 0 Å². The minimum Gasteiger partial charge on any atom is -0.324 e. The lowest BCUT2D eigenvalue weighted by atomic mass is 10.0. The van der Waals surface area contributed by atoms with E-state index in [1.54, 1.807) is 18.2 Å². The zero-order chi connectivity index (χ0) is 9.90. The van der Waals surface area contributed by atoms with Crippen LogP contribution in [0.3, 0.4) is 0 Å². The van der Waals surface area contributed by atoms with Gasteiger partial charge in [-0.05, 0) is 6.42 Å². The highest BCUT2D eigenvalue weighted by molar-refractivity contribution is 7.81. The largest absolute Gasteiger partial charge is 0.448 e. The number of rotatable bonds is 2. The van der Waals surface area contributed by atoms with Gasteiger partial charge in [0, 0.05) is 0 Å². The fourth-order valence-electron chi connectivity index (χ4n) is 0.921. The molecule has 0 fully saturated rings. The maximum Gasteiger partial charge on any atom is 0.448 e. The van der Waals surface area contributed by atoms with Crippen LogP contribution in [0, 0.1) is 5.92 Å². The van der Waals surface area contributed by atoms with Crippen molar-refractivity contribution in [2.45, 2.75) is 6.42 Å². The zero-order valence-electron chi connectivity index (χ0n) is 6.58. The van der Waals surface area contributed by atoms with E-state index >= 15 is 0 Å². The summed E-state index contributed by atoms with van der Waals surface area (Å²) in [7, 11) is -4.68. The van der Waals surface area contributed by atoms with Crippen LogP contribution in [-0.2, 0) is 19.4 Å². The predicted octanol–water partition coefficient (Wildman–Crippen LogP) is 0.465. The van der Waals surface area contributed by atoms with E-state index in [-0.39, 0.29) is 0 Å². The molecule has 0 bridgehead atoms. The molecule has 0 heterocycles. The molecule has 0 aromatic heterocycles. The van der Waals surface area contributed by atoms with Gasteiger partial charge in [-0.2, -0.15) is 8.42 Å². The highest BCUT2D eigenvalue weighted by Gasteiger charge is 2.21. The van der Waals surface area contributed by atoms with E-state index in [1.165, 1.54) is 6.08 Å². The summed E-state index contributed by atoms with van der Waals surface area (Å²) in [5, 5.41) is 0. The topological polar surface area (TPSA) is 80.7 Å². The zero-order valence-corrected chi connectivity index (χ0v) is 7.40. The molecule has 1 N–H and O–H groups in total. The second-order valence-electron chi connectivity index (χ2n) is 2.49. The van der Waals surface area contributed by atoms with Gasteiger partial charge in [0.1, 0.15) is 0 Å². The summed E-state index contributed by atoms with van der Waals surface area (Å²) in [5.74, 6) is -1.60. The molecule has 13 heavy (non-hydrogen) atoms. The number of carbonyl (C=O) groups is 1. The van der Waals surface area contributed by atoms with Crippen LogP contribution in [0.25, 0.3) is 0 Å². The first-order chi connectivity index (χ1) is 5.99. The summed E-state index contributed by atoms with van der Waals surface area (Å²) in [6.07, 6.45) is 6.94. The van der Waals surface area contributed by atoms with Gasteiger partial charge in [0.25, 0.3) is 0 Å². The van der Waals surface area contributed by atoms with E-state index in [9.17, 15) is 13.2 Å². The summed E-state index contributed by atoms with van der Waals surface area (Å²) < 4.78 is 32.3. The number of hydrogen-bond acceptors (Lipinski definition) is 4. The average molecular weight is 204 g/mol. The van der Waals surface area contributed by atoms with Crippen LogP contribution in [0.15, 0.2) is 24.3 Å². The molecule has 0 saturated heterocycles. The fraction of sp³-hybridized carbons (Fsp3) is 0.286. The lowest BCUT2D eigenvalue weighted by Gasteiger charge is -2.09. The van der Waals surface area contributed by atoms with Crippen LogP contribution in [0.2, 0.25) is 0 Å². The van der Waals surface area contributed by atoms with Crippen molar-refractivity contribution < 1.29 is 21.9 Å². The molecule has 6 heteroatoms. The van der Waals surface area contributed by atoms with E-state index in [4.69, 9.17) is 4.55 Å². The second-order valence-corrected chi connectivity index (χ2v) is 3.51. The number of carbonyl (C=O) groups excluding carboxylic acids is 1. The standard InChI is InChI=1S/C7H8O5S/c8-7(12-13(9,10)11)6-4-2-1-3-5-6/h1-4,6H,5H2,(H,9,10,11). The molecule has 0 aromatic rings. The lowest BCUT2D eigenvalue weighted by Crippen LogP contribution is -2.19. The van der Waals surface area contributed by atoms with Gasteiger partial charge in [-0.25, -0.2) is 0 Å². The summed E-state index contributed by atoms with van der Waals surface area (Å²) in [6, 6.07) is 0. The highest BCUT2D eigenvalue weighted by atomic mass is 32.3. The maximum atomic E-state index is 11.0. The van der Waals surface area contributed by atoms with Gasteiger partial charge < -0.3 is 4.18 Å². The van der Waals surface area contributed by atoms with E-state index in [0.29, 0.717) is 6.42 Å². The Balaban J connectivity index is 2.59. The van der Waals surface area contributed by atoms with Crippen LogP contribution < -0.4 is 0 Å². The van der Waals surface area contributed by atoms with Crippen molar-refractivity contribution in [2.24, 2.45) is 5.92 Å². The Labute approximate surface area is 75.7 Å².